The van der Waals surface area contributed by atoms with Gasteiger partial charge in [-0.2, -0.15) is 8.78 Å². The van der Waals surface area contributed by atoms with Crippen molar-refractivity contribution in [1.82, 2.24) is 4.98 Å². The second-order valence-corrected chi connectivity index (χ2v) is 23.3. The van der Waals surface area contributed by atoms with Crippen molar-refractivity contribution in [2.45, 2.75) is 0 Å². The number of nitrogens with zero attached hydrogens (tertiary/aromatic N) is 1. The van der Waals surface area contributed by atoms with E-state index in [-0.39, 0.29) is 0 Å². The second kappa shape index (κ2) is 35.9. The van der Waals surface area contributed by atoms with E-state index >= 15 is 52.7 Å². The first kappa shape index (κ1) is 98.3. The molecule has 58 heteroatoms. The third-order valence-electron chi connectivity index (χ3n) is 16.6. The molecule has 0 fully saturated rings. The molecule has 1 aromatic heterocycles. The summed E-state index contributed by atoms with van der Waals surface area (Å²) in [6.45, 7) is -9.08. The van der Waals surface area contributed by atoms with Crippen LogP contribution in [0.25, 0.3) is 32.8 Å². The number of hydrogen-bond donors (Lipinski definition) is 0. The van der Waals surface area contributed by atoms with Gasteiger partial charge in [0, 0.05) is 38.3 Å². The van der Waals surface area contributed by atoms with Crippen LogP contribution in [0.1, 0.15) is 0 Å². The molecule has 0 spiro atoms. The molecular weight excluding hydrogens is 1850 g/mol. The fraction of sp³-hybridized carbons (Fsp3) is 0. The Balaban J connectivity index is 0.000000226. The van der Waals surface area contributed by atoms with Crippen LogP contribution in [-0.4, -0.2) is 49.8 Å². The molecule has 0 aliphatic rings. The Hall–Kier alpha value is -12.1. The van der Waals surface area contributed by atoms with Crippen LogP contribution in [0.3, 0.4) is 0 Å². The smallest absolute Gasteiger partial charge is 0.214 e. The summed E-state index contributed by atoms with van der Waals surface area (Å²) < 4.78 is 704. The van der Waals surface area contributed by atoms with Crippen molar-refractivity contribution in [3.8, 4) is 11.1 Å². The minimum atomic E-state index is -4.54. The van der Waals surface area contributed by atoms with Crippen molar-refractivity contribution in [3.05, 3.63) is 297 Å². The maximum atomic E-state index is 16.1. The first-order valence-electron chi connectivity index (χ1n) is 30.2. The monoisotopic (exact) mass is 1850 g/mol. The third-order valence-corrected chi connectivity index (χ3v) is 16.6. The Labute approximate surface area is 656 Å². The van der Waals surface area contributed by atoms with Crippen LogP contribution in [0, 0.1) is 297 Å². The minimum Gasteiger partial charge on any atom is -0.214 e. The van der Waals surface area contributed by atoms with Gasteiger partial charge in [-0.3, -0.25) is 0 Å². The summed E-state index contributed by atoms with van der Waals surface area (Å²) in [6, 6.07) is 0. The molecule has 0 bridgehead atoms. The average Bonchev–Trinajstić information content (AvgIpc) is 0.717. The standard InChI is InChI=1S/C30B2F24.C12BF9.C10BF7.C9BF6N.C6BF5/c33-7-1(31(3-11(37)19(45)27(53)20(46)12(3)38)4-13(39)21(47)28(54)22(48)14(4)40)8(34)10(36)2(9(7)35)32(5-15(41)23(49)29(55)24(50)16(5)42)6-17(43)25(51)30(56)26(52)18(6)44;13-3-1(4(14)8(18)11(21)7(3)17)2-5(15)9(19)12(22)10(20)6(2)16;11-3-4(12)1-2(5(13)8(3)16)7(15)10(18)9(17)6(1)14;10-2-5(13)3(11)1-4(12)7(15)9(16)17-8(1)6(2)14;7-1-2(8)4(10)6(12)5(11)3(1)9. The van der Waals surface area contributed by atoms with Gasteiger partial charge < -0.3 is 0 Å². The number of benzene rings is 11. The summed E-state index contributed by atoms with van der Waals surface area (Å²) >= 11 is 0. The number of halogens is 51. The van der Waals surface area contributed by atoms with Crippen molar-refractivity contribution >= 4 is 121 Å². The lowest BCUT2D eigenvalue weighted by Gasteiger charge is -2.24. The quantitative estimate of drug-likeness (QED) is 0.0510. The van der Waals surface area contributed by atoms with Crippen molar-refractivity contribution < 1.29 is 224 Å². The van der Waals surface area contributed by atoms with Gasteiger partial charge in [-0.15, -0.1) is 0 Å². The topological polar surface area (TPSA) is 12.9 Å². The zero-order chi connectivity index (χ0) is 95.5. The van der Waals surface area contributed by atoms with Gasteiger partial charge in [0.15, 0.2) is 268 Å². The van der Waals surface area contributed by atoms with E-state index in [1.165, 1.54) is 0 Å². The van der Waals surface area contributed by atoms with Crippen LogP contribution >= 0.6 is 0 Å². The van der Waals surface area contributed by atoms with Crippen molar-refractivity contribution in [3.63, 3.8) is 0 Å². The highest BCUT2D eigenvalue weighted by molar-refractivity contribution is 6.97. The van der Waals surface area contributed by atoms with Gasteiger partial charge in [-0.25, -0.2) is 220 Å². The number of hydrogen-bond acceptors (Lipinski definition) is 1. The number of aromatic nitrogens is 1. The van der Waals surface area contributed by atoms with Crippen molar-refractivity contribution in [2.24, 2.45) is 0 Å². The van der Waals surface area contributed by atoms with E-state index in [9.17, 15) is 171 Å². The Kier molecular flexibility index (Phi) is 28.2. The molecule has 1 nitrogen and oxygen atoms in total. The Morgan fingerprint density at radius 1 is 0.128 bits per heavy atom. The molecule has 648 valence electrons. The van der Waals surface area contributed by atoms with Crippen molar-refractivity contribution in [2.75, 3.05) is 0 Å². The predicted molar refractivity (Wildman–Crippen MR) is 325 cm³/mol. The largest absolute Gasteiger partial charge is 0.265 e. The Bertz CT molecular complexity index is 5830. The Morgan fingerprint density at radius 2 is 0.280 bits per heavy atom. The summed E-state index contributed by atoms with van der Waals surface area (Å²) in [5.74, 6) is -141. The maximum Gasteiger partial charge on any atom is 0.265 e. The predicted octanol–water partition coefficient (Wildman–Crippen LogP) is 15.1. The third kappa shape index (κ3) is 15.9. The highest BCUT2D eigenvalue weighted by Crippen LogP contribution is 2.37. The summed E-state index contributed by atoms with van der Waals surface area (Å²) in [7, 11) is 19.0. The van der Waals surface area contributed by atoms with Gasteiger partial charge in [0.05, 0.1) is 21.7 Å². The van der Waals surface area contributed by atoms with E-state index in [2.05, 4.69) is 12.8 Å². The van der Waals surface area contributed by atoms with E-state index in [0.717, 1.165) is 0 Å². The molecule has 0 saturated carbocycles. The molecule has 0 aliphatic heterocycles. The first-order valence-corrected chi connectivity index (χ1v) is 30.2. The molecule has 0 atom stereocenters. The van der Waals surface area contributed by atoms with Crippen LogP contribution in [0.5, 0.6) is 0 Å². The molecule has 0 saturated heterocycles. The van der Waals surface area contributed by atoms with Gasteiger partial charge in [0.2, 0.25) is 11.6 Å². The highest BCUT2D eigenvalue weighted by atomic mass is 19.2. The summed E-state index contributed by atoms with van der Waals surface area (Å²) in [6.07, 6.45) is 0. The molecule has 125 heavy (non-hydrogen) atoms. The van der Waals surface area contributed by atoms with Crippen LogP contribution in [0.15, 0.2) is 0 Å². The highest BCUT2D eigenvalue weighted by Gasteiger charge is 2.50. The fourth-order valence-corrected chi connectivity index (χ4v) is 10.7. The maximum absolute atomic E-state index is 16.1. The zero-order valence-electron chi connectivity index (χ0n) is 56.7. The van der Waals surface area contributed by atoms with E-state index in [4.69, 9.17) is 23.5 Å². The van der Waals surface area contributed by atoms with E-state index in [1.807, 2.05) is 0 Å². The fourth-order valence-electron chi connectivity index (χ4n) is 10.7. The van der Waals surface area contributed by atoms with E-state index < -0.39 is 398 Å². The SMILES string of the molecule is Fc1c(F)c(F)c(B(c2c(F)c(F)c(F)c(F)c2F)c2c(F)c(F)c(B(c3c(F)c(F)c(F)c(F)c3F)c3c(F)c(F)c(F)c(F)c3F)c(F)c2F)c(F)c1F.[B]c1c(F)c(F)c(F)c(F)c1-c1c(F)c(F)c(F)c(F)c1F.[B]c1c(F)c(F)c(F)c(F)c1F.[B]c1c(F)c(F)c2c(F)c(F)c(F)c(F)c2c1F.[B]c1c(F)c(F)c2c(F)c(F)c(F)nc2c1F. The number of fused-ring (bicyclic) bond motifs is 2. The molecule has 11 aromatic carbocycles. The molecule has 0 unspecified atom stereocenters. The molecule has 1 heterocycles. The van der Waals surface area contributed by atoms with Crippen LogP contribution in [-0.2, 0) is 0 Å². The normalized spacial score (nSPS) is 11.3. The molecule has 12 rings (SSSR count). The van der Waals surface area contributed by atoms with Crippen molar-refractivity contribution in [1.29, 1.82) is 0 Å². The number of rotatable bonds is 7. The Morgan fingerprint density at radius 3 is 0.544 bits per heavy atom. The lowest BCUT2D eigenvalue weighted by Crippen LogP contribution is -2.64. The molecule has 12 aromatic rings. The number of pyridine rings is 1. The van der Waals surface area contributed by atoms with Crippen LogP contribution in [0.4, 0.5) is 224 Å². The second-order valence-electron chi connectivity index (χ2n) is 23.3. The lowest BCUT2D eigenvalue weighted by molar-refractivity contribution is 0.379. The van der Waals surface area contributed by atoms with E-state index in [0.29, 0.717) is 0 Å². The summed E-state index contributed by atoms with van der Waals surface area (Å²) in [4.78, 5) is 2.66. The van der Waals surface area contributed by atoms with Crippen LogP contribution in [0.2, 0.25) is 0 Å². The van der Waals surface area contributed by atoms with Gasteiger partial charge >= 0.3 is 0 Å². The zero-order valence-corrected chi connectivity index (χ0v) is 56.7. The minimum absolute atomic E-state index is 1.21. The van der Waals surface area contributed by atoms with E-state index in [1.54, 1.807) is 0 Å². The van der Waals surface area contributed by atoms with Crippen LogP contribution < -0.4 is 54.6 Å². The van der Waals surface area contributed by atoms with Gasteiger partial charge in [-0.05, 0) is 21.9 Å². The summed E-state index contributed by atoms with van der Waals surface area (Å²) in [5, 5.41) is -4.67. The molecular formula is C67B6F51N. The molecule has 0 aliphatic carbocycles. The average molecular weight is 1850 g/mol. The lowest BCUT2D eigenvalue weighted by atomic mass is 9.33. The first-order chi connectivity index (χ1) is 57.6. The van der Waals surface area contributed by atoms with Gasteiger partial charge in [0.25, 0.3) is 19.4 Å². The molecule has 0 N–H and O–H groups in total. The van der Waals surface area contributed by atoms with Gasteiger partial charge in [0.1, 0.15) is 48.5 Å². The van der Waals surface area contributed by atoms with Gasteiger partial charge in [-0.1, -0.05) is 0 Å². The molecule has 8 radical (unpaired) electrons. The molecule has 0 amide bonds. The summed E-state index contributed by atoms with van der Waals surface area (Å²) in [5.41, 5.74) is -29.7.